The fourth-order valence-electron chi connectivity index (χ4n) is 2.79. The first-order chi connectivity index (χ1) is 11.2. The lowest BCUT2D eigenvalue weighted by Crippen LogP contribution is -2.46. The zero-order chi connectivity index (χ0) is 16.2. The van der Waals surface area contributed by atoms with E-state index in [1.54, 1.807) is 7.11 Å². The van der Waals surface area contributed by atoms with Crippen LogP contribution in [-0.4, -0.2) is 43.7 Å². The molecule has 4 nitrogen and oxygen atoms in total. The number of carbonyl (C=O) groups is 1. The molecular formula is C18H21NO3S. The zero-order valence-electron chi connectivity index (χ0n) is 13.5. The number of thiophene rings is 1. The van der Waals surface area contributed by atoms with Gasteiger partial charge in [-0.05, 0) is 41.6 Å². The fourth-order valence-corrected chi connectivity index (χ4v) is 3.68. The Labute approximate surface area is 140 Å². The van der Waals surface area contributed by atoms with Crippen molar-refractivity contribution in [2.24, 2.45) is 0 Å². The van der Waals surface area contributed by atoms with E-state index < -0.39 is 0 Å². The molecule has 0 aliphatic carbocycles. The van der Waals surface area contributed by atoms with Crippen LogP contribution in [0.25, 0.3) is 0 Å². The second-order valence-corrected chi connectivity index (χ2v) is 6.65. The molecule has 23 heavy (non-hydrogen) atoms. The second kappa shape index (κ2) is 7.15. The van der Waals surface area contributed by atoms with Gasteiger partial charge in [0.25, 0.3) is 5.91 Å². The summed E-state index contributed by atoms with van der Waals surface area (Å²) in [5, 5.41) is 1.97. The van der Waals surface area contributed by atoms with E-state index >= 15 is 0 Å². The summed E-state index contributed by atoms with van der Waals surface area (Å²) in [4.78, 5) is 15.4. The minimum Gasteiger partial charge on any atom is -0.497 e. The van der Waals surface area contributed by atoms with E-state index in [2.05, 4.69) is 0 Å². The van der Waals surface area contributed by atoms with Gasteiger partial charge in [-0.1, -0.05) is 12.1 Å². The number of hydrogen-bond donors (Lipinski definition) is 0. The molecule has 1 saturated heterocycles. The Balaban J connectivity index is 1.63. The Kier molecular flexibility index (Phi) is 4.98. The monoisotopic (exact) mass is 331 g/mol. The molecule has 3 rings (SSSR count). The third kappa shape index (κ3) is 3.74. The lowest BCUT2D eigenvalue weighted by atomic mass is 10.1. The van der Waals surface area contributed by atoms with Gasteiger partial charge in [-0.25, -0.2) is 0 Å². The molecule has 1 atom stereocenters. The molecule has 0 saturated carbocycles. The average molecular weight is 331 g/mol. The predicted molar refractivity (Wildman–Crippen MR) is 91.4 cm³/mol. The molecule has 1 fully saturated rings. The maximum Gasteiger partial charge on any atom is 0.264 e. The van der Waals surface area contributed by atoms with Crippen molar-refractivity contribution >= 4 is 17.2 Å². The molecule has 1 aromatic carbocycles. The maximum absolute atomic E-state index is 12.6. The van der Waals surface area contributed by atoms with E-state index in [1.807, 2.05) is 47.5 Å². The van der Waals surface area contributed by atoms with Crippen LogP contribution < -0.4 is 4.74 Å². The Hall–Kier alpha value is -1.85. The van der Waals surface area contributed by atoms with Crippen molar-refractivity contribution in [1.82, 2.24) is 4.90 Å². The van der Waals surface area contributed by atoms with Crippen molar-refractivity contribution in [1.29, 1.82) is 0 Å². The molecule has 1 aliphatic rings. The number of hydrogen-bond acceptors (Lipinski definition) is 4. The second-order valence-electron chi connectivity index (χ2n) is 5.73. The summed E-state index contributed by atoms with van der Waals surface area (Å²) in [6.07, 6.45) is 0.846. The van der Waals surface area contributed by atoms with Crippen LogP contribution in [-0.2, 0) is 11.2 Å². The first-order valence-electron chi connectivity index (χ1n) is 7.75. The molecule has 0 bridgehead atoms. The molecule has 5 heteroatoms. The van der Waals surface area contributed by atoms with Crippen molar-refractivity contribution < 1.29 is 14.3 Å². The smallest absolute Gasteiger partial charge is 0.264 e. The maximum atomic E-state index is 12.6. The molecule has 1 aromatic heterocycles. The highest BCUT2D eigenvalue weighted by molar-refractivity contribution is 7.12. The first kappa shape index (κ1) is 16.0. The molecule has 122 valence electrons. The van der Waals surface area contributed by atoms with Crippen LogP contribution in [0.1, 0.15) is 20.8 Å². The minimum absolute atomic E-state index is 0.0429. The third-order valence-electron chi connectivity index (χ3n) is 4.10. The van der Waals surface area contributed by atoms with Gasteiger partial charge >= 0.3 is 0 Å². The van der Waals surface area contributed by atoms with Crippen LogP contribution in [0.5, 0.6) is 5.75 Å². The molecule has 0 unspecified atom stereocenters. The number of carbonyl (C=O) groups excluding carboxylic acids is 1. The SMILES string of the molecule is COc1ccc(C[C@H]2CN(C(=O)c3sccc3C)CCO2)cc1. The van der Waals surface area contributed by atoms with Crippen LogP contribution in [0.3, 0.4) is 0 Å². The van der Waals surface area contributed by atoms with Crippen molar-refractivity contribution in [3.63, 3.8) is 0 Å². The lowest BCUT2D eigenvalue weighted by molar-refractivity contribution is -0.0206. The van der Waals surface area contributed by atoms with Gasteiger partial charge in [0.05, 0.1) is 24.7 Å². The third-order valence-corrected chi connectivity index (χ3v) is 5.11. The van der Waals surface area contributed by atoms with Crippen LogP contribution in [0.2, 0.25) is 0 Å². The fraction of sp³-hybridized carbons (Fsp3) is 0.389. The highest BCUT2D eigenvalue weighted by Crippen LogP contribution is 2.21. The van der Waals surface area contributed by atoms with E-state index in [-0.39, 0.29) is 12.0 Å². The molecule has 2 aromatic rings. The van der Waals surface area contributed by atoms with Crippen molar-refractivity contribution in [3.8, 4) is 5.75 Å². The summed E-state index contributed by atoms with van der Waals surface area (Å²) < 4.78 is 11.0. The van der Waals surface area contributed by atoms with E-state index in [4.69, 9.17) is 9.47 Å². The number of amides is 1. The van der Waals surface area contributed by atoms with Crippen molar-refractivity contribution in [3.05, 3.63) is 51.7 Å². The number of morpholine rings is 1. The van der Waals surface area contributed by atoms with Crippen LogP contribution in [0.15, 0.2) is 35.7 Å². The standard InChI is InChI=1S/C18H21NO3S/c1-13-7-10-23-17(13)18(20)19-8-9-22-16(12-19)11-14-3-5-15(21-2)6-4-14/h3-7,10,16H,8-9,11-12H2,1-2H3/t16-/m0/s1. The van der Waals surface area contributed by atoms with E-state index in [1.165, 1.54) is 16.9 Å². The molecule has 1 amide bonds. The van der Waals surface area contributed by atoms with Crippen LogP contribution in [0, 0.1) is 6.92 Å². The van der Waals surface area contributed by atoms with Gasteiger partial charge in [0.1, 0.15) is 5.75 Å². The summed E-state index contributed by atoms with van der Waals surface area (Å²) in [7, 11) is 1.66. The van der Waals surface area contributed by atoms with E-state index in [9.17, 15) is 4.79 Å². The largest absolute Gasteiger partial charge is 0.497 e. The molecule has 0 N–H and O–H groups in total. The Morgan fingerprint density at radius 2 is 2.13 bits per heavy atom. The van der Waals surface area contributed by atoms with Gasteiger partial charge in [-0.3, -0.25) is 4.79 Å². The van der Waals surface area contributed by atoms with Crippen LogP contribution in [0.4, 0.5) is 0 Å². The summed E-state index contributed by atoms with van der Waals surface area (Å²) in [5.41, 5.74) is 2.25. The van der Waals surface area contributed by atoms with Crippen molar-refractivity contribution in [2.75, 3.05) is 26.8 Å². The minimum atomic E-state index is 0.0429. The Morgan fingerprint density at radius 1 is 1.35 bits per heavy atom. The number of ether oxygens (including phenoxy) is 2. The van der Waals surface area contributed by atoms with Gasteiger partial charge < -0.3 is 14.4 Å². The van der Waals surface area contributed by atoms with Crippen LogP contribution >= 0.6 is 11.3 Å². The molecule has 2 heterocycles. The van der Waals surface area contributed by atoms with E-state index in [0.29, 0.717) is 19.7 Å². The normalized spacial score (nSPS) is 18.0. The number of rotatable bonds is 4. The average Bonchev–Trinajstić information content (AvgIpc) is 3.01. The van der Waals surface area contributed by atoms with Gasteiger partial charge in [0, 0.05) is 19.5 Å². The molecule has 0 spiro atoms. The topological polar surface area (TPSA) is 38.8 Å². The number of benzene rings is 1. The molecule has 1 aliphatic heterocycles. The highest BCUT2D eigenvalue weighted by Gasteiger charge is 2.26. The lowest BCUT2D eigenvalue weighted by Gasteiger charge is -2.33. The Bertz CT molecular complexity index is 665. The van der Waals surface area contributed by atoms with Gasteiger partial charge in [0.2, 0.25) is 0 Å². The van der Waals surface area contributed by atoms with Gasteiger partial charge in [-0.2, -0.15) is 0 Å². The van der Waals surface area contributed by atoms with Gasteiger partial charge in [-0.15, -0.1) is 11.3 Å². The quantitative estimate of drug-likeness (QED) is 0.864. The summed E-state index contributed by atoms with van der Waals surface area (Å²) in [5.74, 6) is 0.976. The number of methoxy groups -OCH3 is 1. The summed E-state index contributed by atoms with van der Waals surface area (Å²) in [6, 6.07) is 10.00. The van der Waals surface area contributed by atoms with Gasteiger partial charge in [0.15, 0.2) is 0 Å². The first-order valence-corrected chi connectivity index (χ1v) is 8.63. The van der Waals surface area contributed by atoms with Crippen molar-refractivity contribution in [2.45, 2.75) is 19.4 Å². The number of aryl methyl sites for hydroxylation is 1. The van der Waals surface area contributed by atoms with E-state index in [0.717, 1.165) is 22.6 Å². The molecular weight excluding hydrogens is 310 g/mol. The Morgan fingerprint density at radius 3 is 2.78 bits per heavy atom. The number of nitrogens with zero attached hydrogens (tertiary/aromatic N) is 1. The molecule has 0 radical (unpaired) electrons. The highest BCUT2D eigenvalue weighted by atomic mass is 32.1. The summed E-state index contributed by atoms with van der Waals surface area (Å²) in [6.45, 7) is 3.88. The zero-order valence-corrected chi connectivity index (χ0v) is 14.3. The summed E-state index contributed by atoms with van der Waals surface area (Å²) >= 11 is 1.51. The predicted octanol–water partition coefficient (Wildman–Crippen LogP) is 3.15.